The minimum atomic E-state index is -4.59. The molecule has 7 heteroatoms. The Morgan fingerprint density at radius 1 is 1.40 bits per heavy atom. The van der Waals surface area contributed by atoms with Crippen LogP contribution in [0.1, 0.15) is 0 Å². The Morgan fingerprint density at radius 2 is 2.00 bits per heavy atom. The lowest BCUT2D eigenvalue weighted by Crippen LogP contribution is -2.11. The summed E-state index contributed by atoms with van der Waals surface area (Å²) in [5.74, 6) is -3.21. The number of benzene rings is 1. The highest BCUT2D eigenvalue weighted by atomic mass is 32.2. The lowest BCUT2D eigenvalue weighted by Gasteiger charge is -2.07. The zero-order valence-corrected chi connectivity index (χ0v) is 8.59. The summed E-state index contributed by atoms with van der Waals surface area (Å²) >= 11 is 0. The van der Waals surface area contributed by atoms with Gasteiger partial charge in [-0.1, -0.05) is 0 Å². The molecule has 0 atom stereocenters. The largest absolute Gasteiger partial charge is 0.495 e. The van der Waals surface area contributed by atoms with E-state index in [0.717, 1.165) is 12.1 Å². The summed E-state index contributed by atoms with van der Waals surface area (Å²) in [6.45, 7) is 0. The normalized spacial score (nSPS) is 11.7. The Labute approximate surface area is 85.6 Å². The second-order valence-corrected chi connectivity index (χ2v) is 4.63. The third-order valence-electron chi connectivity index (χ3n) is 1.76. The standard InChI is InChI=1S/C8H9F2NO3S/c1-14-7-3-2-5(4-6(7)11)15(12,13)8(9)10/h2-4,8H,11H2,1H3. The first kappa shape index (κ1) is 11.7. The molecule has 84 valence electrons. The molecule has 1 rings (SSSR count). The summed E-state index contributed by atoms with van der Waals surface area (Å²) in [6.07, 6.45) is 0. The third-order valence-corrected chi connectivity index (χ3v) is 3.14. The molecule has 4 nitrogen and oxygen atoms in total. The van der Waals surface area contributed by atoms with E-state index in [-0.39, 0.29) is 11.4 Å². The van der Waals surface area contributed by atoms with Crippen molar-refractivity contribution in [3.8, 4) is 5.75 Å². The van der Waals surface area contributed by atoms with Gasteiger partial charge in [0.05, 0.1) is 17.7 Å². The quantitative estimate of drug-likeness (QED) is 0.804. The summed E-state index contributed by atoms with van der Waals surface area (Å²) in [7, 11) is -3.25. The van der Waals surface area contributed by atoms with E-state index in [0.29, 0.717) is 0 Å². The summed E-state index contributed by atoms with van der Waals surface area (Å²) in [5.41, 5.74) is 5.39. The van der Waals surface area contributed by atoms with Crippen LogP contribution in [0.15, 0.2) is 23.1 Å². The van der Waals surface area contributed by atoms with Gasteiger partial charge in [0.15, 0.2) is 0 Å². The number of nitrogen functional groups attached to an aromatic ring is 1. The van der Waals surface area contributed by atoms with E-state index in [2.05, 4.69) is 0 Å². The fourth-order valence-corrected chi connectivity index (χ4v) is 1.75. The molecule has 0 aliphatic carbocycles. The summed E-state index contributed by atoms with van der Waals surface area (Å²) < 4.78 is 51.1. The van der Waals surface area contributed by atoms with Gasteiger partial charge in [-0.3, -0.25) is 0 Å². The van der Waals surface area contributed by atoms with Crippen LogP contribution in [0.3, 0.4) is 0 Å². The first-order valence-corrected chi connectivity index (χ1v) is 5.39. The first-order chi connectivity index (χ1) is 6.89. The Hall–Kier alpha value is -1.37. The molecule has 0 heterocycles. The molecule has 0 aromatic heterocycles. The maximum absolute atomic E-state index is 12.2. The van der Waals surface area contributed by atoms with Crippen LogP contribution in [0.2, 0.25) is 0 Å². The van der Waals surface area contributed by atoms with Gasteiger partial charge in [-0.15, -0.1) is 0 Å². The highest BCUT2D eigenvalue weighted by Gasteiger charge is 2.26. The van der Waals surface area contributed by atoms with Crippen LogP contribution in [0.25, 0.3) is 0 Å². The molecule has 0 unspecified atom stereocenters. The lowest BCUT2D eigenvalue weighted by atomic mass is 10.3. The summed E-state index contributed by atoms with van der Waals surface area (Å²) in [5, 5.41) is 0. The zero-order valence-electron chi connectivity index (χ0n) is 7.78. The fourth-order valence-electron chi connectivity index (χ4n) is 0.992. The second-order valence-electron chi connectivity index (χ2n) is 2.71. The van der Waals surface area contributed by atoms with Crippen molar-refractivity contribution in [3.63, 3.8) is 0 Å². The van der Waals surface area contributed by atoms with Gasteiger partial charge in [0.1, 0.15) is 5.75 Å². The maximum Gasteiger partial charge on any atom is 0.341 e. The second kappa shape index (κ2) is 4.01. The highest BCUT2D eigenvalue weighted by Crippen LogP contribution is 2.26. The number of nitrogens with two attached hydrogens (primary N) is 1. The van der Waals surface area contributed by atoms with Crippen LogP contribution in [-0.2, 0) is 9.84 Å². The van der Waals surface area contributed by atoms with Gasteiger partial charge in [0.2, 0.25) is 9.84 Å². The molecule has 0 radical (unpaired) electrons. The molecule has 2 N–H and O–H groups in total. The SMILES string of the molecule is COc1ccc(S(=O)(=O)C(F)F)cc1N. The van der Waals surface area contributed by atoms with Crippen LogP contribution in [0.4, 0.5) is 14.5 Å². The van der Waals surface area contributed by atoms with Crippen LogP contribution >= 0.6 is 0 Å². The van der Waals surface area contributed by atoms with Crippen molar-refractivity contribution in [1.29, 1.82) is 0 Å². The van der Waals surface area contributed by atoms with Crippen molar-refractivity contribution in [2.45, 2.75) is 10.7 Å². The van der Waals surface area contributed by atoms with Crippen LogP contribution in [0, 0.1) is 0 Å². The zero-order chi connectivity index (χ0) is 11.6. The average Bonchev–Trinajstić information content (AvgIpc) is 2.17. The number of methoxy groups -OCH3 is 1. The van der Waals surface area contributed by atoms with Crippen molar-refractivity contribution >= 4 is 15.5 Å². The van der Waals surface area contributed by atoms with Crippen molar-refractivity contribution in [2.24, 2.45) is 0 Å². The van der Waals surface area contributed by atoms with E-state index in [1.165, 1.54) is 13.2 Å². The minimum absolute atomic E-state index is 0.000718. The molecule has 0 aliphatic rings. The Bertz CT molecular complexity index is 459. The predicted molar refractivity (Wildman–Crippen MR) is 50.6 cm³/mol. The monoisotopic (exact) mass is 237 g/mol. The molecule has 15 heavy (non-hydrogen) atoms. The van der Waals surface area contributed by atoms with E-state index in [1.807, 2.05) is 0 Å². The smallest absolute Gasteiger partial charge is 0.341 e. The number of alkyl halides is 2. The van der Waals surface area contributed by atoms with E-state index in [9.17, 15) is 17.2 Å². The molecule has 0 fully saturated rings. The Balaban J connectivity index is 3.25. The molecule has 0 bridgehead atoms. The first-order valence-electron chi connectivity index (χ1n) is 3.85. The van der Waals surface area contributed by atoms with Gasteiger partial charge in [-0.2, -0.15) is 8.78 Å². The van der Waals surface area contributed by atoms with Crippen LogP contribution < -0.4 is 10.5 Å². The number of anilines is 1. The molecule has 0 saturated carbocycles. The molecule has 0 aliphatic heterocycles. The van der Waals surface area contributed by atoms with Crippen molar-refractivity contribution < 1.29 is 21.9 Å². The van der Waals surface area contributed by atoms with Crippen LogP contribution in [-0.4, -0.2) is 21.3 Å². The fraction of sp³-hybridized carbons (Fsp3) is 0.250. The number of rotatable bonds is 3. The number of ether oxygens (including phenoxy) is 1. The molecule has 0 spiro atoms. The molecular weight excluding hydrogens is 228 g/mol. The Morgan fingerprint density at radius 3 is 2.40 bits per heavy atom. The molecule has 0 amide bonds. The van der Waals surface area contributed by atoms with Crippen molar-refractivity contribution in [2.75, 3.05) is 12.8 Å². The number of halogens is 2. The lowest BCUT2D eigenvalue weighted by molar-refractivity contribution is 0.234. The number of sulfone groups is 1. The predicted octanol–water partition coefficient (Wildman–Crippen LogP) is 1.27. The summed E-state index contributed by atoms with van der Waals surface area (Å²) in [6, 6.07) is 3.20. The van der Waals surface area contributed by atoms with E-state index < -0.39 is 20.5 Å². The van der Waals surface area contributed by atoms with Gasteiger partial charge < -0.3 is 10.5 Å². The molecule has 1 aromatic carbocycles. The average molecular weight is 237 g/mol. The van der Waals surface area contributed by atoms with E-state index in [1.54, 1.807) is 0 Å². The summed E-state index contributed by atoms with van der Waals surface area (Å²) in [4.78, 5) is -0.518. The Kier molecular flexibility index (Phi) is 3.13. The number of hydrogen-bond donors (Lipinski definition) is 1. The van der Waals surface area contributed by atoms with Crippen molar-refractivity contribution in [3.05, 3.63) is 18.2 Å². The van der Waals surface area contributed by atoms with Gasteiger partial charge >= 0.3 is 5.76 Å². The van der Waals surface area contributed by atoms with Gasteiger partial charge in [-0.25, -0.2) is 8.42 Å². The van der Waals surface area contributed by atoms with Crippen molar-refractivity contribution in [1.82, 2.24) is 0 Å². The van der Waals surface area contributed by atoms with Gasteiger partial charge in [0.25, 0.3) is 0 Å². The topological polar surface area (TPSA) is 69.4 Å². The molecule has 1 aromatic rings. The minimum Gasteiger partial charge on any atom is -0.495 e. The molecule has 0 saturated heterocycles. The highest BCUT2D eigenvalue weighted by molar-refractivity contribution is 7.91. The van der Waals surface area contributed by atoms with Crippen LogP contribution in [0.5, 0.6) is 5.75 Å². The van der Waals surface area contributed by atoms with E-state index in [4.69, 9.17) is 10.5 Å². The van der Waals surface area contributed by atoms with E-state index >= 15 is 0 Å². The third kappa shape index (κ3) is 2.17. The van der Waals surface area contributed by atoms with Gasteiger partial charge in [0, 0.05) is 0 Å². The van der Waals surface area contributed by atoms with Gasteiger partial charge in [-0.05, 0) is 18.2 Å². The number of hydrogen-bond acceptors (Lipinski definition) is 4. The maximum atomic E-state index is 12.2. The molecular formula is C8H9F2NO3S.